The van der Waals surface area contributed by atoms with E-state index in [-0.39, 0.29) is 30.0 Å². The molecule has 2 aromatic rings. The molecular formula is C24H33IN4O3. The molecule has 1 aliphatic rings. The van der Waals surface area contributed by atoms with Gasteiger partial charge in [0.1, 0.15) is 23.9 Å². The summed E-state index contributed by atoms with van der Waals surface area (Å²) in [5.74, 6) is 3.21. The minimum Gasteiger partial charge on any atom is -0.497 e. The maximum atomic E-state index is 5.74. The summed E-state index contributed by atoms with van der Waals surface area (Å²) in [6, 6.07) is 14.2. The molecule has 0 amide bonds. The van der Waals surface area contributed by atoms with Crippen molar-refractivity contribution in [3.8, 4) is 17.2 Å². The average molecular weight is 552 g/mol. The van der Waals surface area contributed by atoms with E-state index in [2.05, 4.69) is 27.1 Å². The van der Waals surface area contributed by atoms with Crippen LogP contribution in [0.15, 0.2) is 60.1 Å². The Balaban J connectivity index is 0.00000363. The number of hydrogen-bond acceptors (Lipinski definition) is 5. The molecule has 8 heteroatoms. The number of halogens is 1. The van der Waals surface area contributed by atoms with Gasteiger partial charge in [0.25, 0.3) is 0 Å². The fourth-order valence-corrected chi connectivity index (χ4v) is 3.59. The number of nitrogens with zero attached hydrogens (tertiary/aromatic N) is 2. The van der Waals surface area contributed by atoms with Gasteiger partial charge in [0, 0.05) is 62.2 Å². The lowest BCUT2D eigenvalue weighted by Gasteiger charge is -2.21. The van der Waals surface area contributed by atoms with Gasteiger partial charge >= 0.3 is 0 Å². The molecular weight excluding hydrogens is 519 g/mol. The van der Waals surface area contributed by atoms with Crippen molar-refractivity contribution in [1.82, 2.24) is 10.6 Å². The number of benzene rings is 2. The molecule has 1 unspecified atom stereocenters. The summed E-state index contributed by atoms with van der Waals surface area (Å²) >= 11 is 0. The second-order valence-corrected chi connectivity index (χ2v) is 7.28. The summed E-state index contributed by atoms with van der Waals surface area (Å²) in [5.41, 5.74) is 2.17. The Kier molecular flexibility index (Phi) is 10.5. The second kappa shape index (κ2) is 13.0. The Bertz CT molecular complexity index is 884. The molecule has 0 bridgehead atoms. The van der Waals surface area contributed by atoms with Crippen LogP contribution >= 0.6 is 24.0 Å². The summed E-state index contributed by atoms with van der Waals surface area (Å²) in [6.45, 7) is 6.63. The third-order valence-corrected chi connectivity index (χ3v) is 5.23. The van der Waals surface area contributed by atoms with E-state index in [0.717, 1.165) is 54.0 Å². The summed E-state index contributed by atoms with van der Waals surface area (Å²) in [6.07, 6.45) is 2.76. The quantitative estimate of drug-likeness (QED) is 0.214. The predicted molar refractivity (Wildman–Crippen MR) is 141 cm³/mol. The van der Waals surface area contributed by atoms with Gasteiger partial charge in [-0.25, -0.2) is 0 Å². The molecule has 3 rings (SSSR count). The lowest BCUT2D eigenvalue weighted by atomic mass is 10.2. The number of para-hydroxylation sites is 1. The van der Waals surface area contributed by atoms with Gasteiger partial charge in [-0.1, -0.05) is 30.9 Å². The van der Waals surface area contributed by atoms with Crippen LogP contribution in [-0.4, -0.2) is 53.0 Å². The Labute approximate surface area is 207 Å². The Hall–Kier alpha value is -2.62. The molecule has 1 fully saturated rings. The number of rotatable bonds is 9. The van der Waals surface area contributed by atoms with Crippen LogP contribution in [0.5, 0.6) is 17.2 Å². The van der Waals surface area contributed by atoms with Crippen molar-refractivity contribution in [2.75, 3.05) is 45.9 Å². The first-order chi connectivity index (χ1) is 15.2. The van der Waals surface area contributed by atoms with Gasteiger partial charge in [0.2, 0.25) is 0 Å². The smallest absolute Gasteiger partial charge is 0.191 e. The monoisotopic (exact) mass is 552 g/mol. The molecule has 2 N–H and O–H groups in total. The first-order valence-electron chi connectivity index (χ1n) is 10.4. The highest BCUT2D eigenvalue weighted by Gasteiger charge is 2.24. The number of guanidine groups is 1. The van der Waals surface area contributed by atoms with Gasteiger partial charge in [-0.3, -0.25) is 4.99 Å². The van der Waals surface area contributed by atoms with Crippen molar-refractivity contribution in [3.63, 3.8) is 0 Å². The highest BCUT2D eigenvalue weighted by atomic mass is 127. The highest BCUT2D eigenvalue weighted by molar-refractivity contribution is 14.0. The third kappa shape index (κ3) is 6.94. The summed E-state index contributed by atoms with van der Waals surface area (Å²) < 4.78 is 16.6. The summed E-state index contributed by atoms with van der Waals surface area (Å²) in [4.78, 5) is 6.72. The van der Waals surface area contributed by atoms with E-state index in [9.17, 15) is 0 Å². The molecule has 0 radical (unpaired) electrons. The predicted octanol–water partition coefficient (Wildman–Crippen LogP) is 3.83. The lowest BCUT2D eigenvalue weighted by Crippen LogP contribution is -2.44. The van der Waals surface area contributed by atoms with Gasteiger partial charge in [-0.2, -0.15) is 0 Å². The van der Waals surface area contributed by atoms with E-state index in [1.165, 1.54) is 0 Å². The van der Waals surface area contributed by atoms with Crippen molar-refractivity contribution >= 4 is 35.6 Å². The van der Waals surface area contributed by atoms with Gasteiger partial charge in [0.15, 0.2) is 5.96 Å². The fraction of sp³-hybridized carbons (Fsp3) is 0.375. The van der Waals surface area contributed by atoms with Crippen LogP contribution in [0.3, 0.4) is 0 Å². The van der Waals surface area contributed by atoms with Gasteiger partial charge in [-0.05, 0) is 12.5 Å². The lowest BCUT2D eigenvalue weighted by molar-refractivity contribution is 0.358. The Morgan fingerprint density at radius 1 is 1.19 bits per heavy atom. The molecule has 174 valence electrons. The zero-order chi connectivity index (χ0) is 22.1. The first kappa shape index (κ1) is 25.6. The van der Waals surface area contributed by atoms with Crippen molar-refractivity contribution in [2.45, 2.75) is 19.0 Å². The molecule has 1 aliphatic heterocycles. The van der Waals surface area contributed by atoms with Gasteiger partial charge in [-0.15, -0.1) is 24.0 Å². The summed E-state index contributed by atoms with van der Waals surface area (Å²) in [7, 11) is 5.13. The standard InChI is InChI=1S/C24H32N4O3.HI/c1-5-12-31-23-9-7-6-8-18(23)16-26-24(25-2)27-19-10-11-28(17-19)20-13-21(29-3)15-22(14-20)30-4;/h5-9,13-15,19H,1,10-12,16-17H2,2-4H3,(H2,25,26,27);1H. The molecule has 32 heavy (non-hydrogen) atoms. The maximum Gasteiger partial charge on any atom is 0.191 e. The number of anilines is 1. The second-order valence-electron chi connectivity index (χ2n) is 7.28. The van der Waals surface area contributed by atoms with E-state index in [1.54, 1.807) is 27.3 Å². The molecule has 0 aliphatic carbocycles. The van der Waals surface area contributed by atoms with Crippen molar-refractivity contribution in [1.29, 1.82) is 0 Å². The number of aliphatic imine (C=N–C) groups is 1. The van der Waals surface area contributed by atoms with E-state index >= 15 is 0 Å². The molecule has 0 saturated carbocycles. The van der Waals surface area contributed by atoms with Crippen LogP contribution in [0.2, 0.25) is 0 Å². The normalized spacial score (nSPS) is 15.5. The molecule has 7 nitrogen and oxygen atoms in total. The first-order valence-corrected chi connectivity index (χ1v) is 10.4. The van der Waals surface area contributed by atoms with Crippen molar-refractivity contribution < 1.29 is 14.2 Å². The third-order valence-electron chi connectivity index (χ3n) is 5.23. The minimum absolute atomic E-state index is 0. The van der Waals surface area contributed by atoms with Gasteiger partial charge < -0.3 is 29.7 Å². The van der Waals surface area contributed by atoms with Crippen LogP contribution in [-0.2, 0) is 6.54 Å². The van der Waals surface area contributed by atoms with Crippen LogP contribution in [0, 0.1) is 0 Å². The Morgan fingerprint density at radius 3 is 2.56 bits per heavy atom. The largest absolute Gasteiger partial charge is 0.497 e. The number of hydrogen-bond donors (Lipinski definition) is 2. The molecule has 2 aromatic carbocycles. The van der Waals surface area contributed by atoms with Crippen LogP contribution in [0.4, 0.5) is 5.69 Å². The zero-order valence-corrected chi connectivity index (χ0v) is 21.3. The van der Waals surface area contributed by atoms with Crippen LogP contribution in [0.25, 0.3) is 0 Å². The number of ether oxygens (including phenoxy) is 3. The molecule has 1 atom stereocenters. The number of nitrogens with one attached hydrogen (secondary N) is 2. The van der Waals surface area contributed by atoms with Crippen molar-refractivity contribution in [3.05, 3.63) is 60.7 Å². The maximum absolute atomic E-state index is 5.74. The number of methoxy groups -OCH3 is 2. The van der Waals surface area contributed by atoms with Crippen molar-refractivity contribution in [2.24, 2.45) is 4.99 Å². The zero-order valence-electron chi connectivity index (χ0n) is 19.0. The van der Waals surface area contributed by atoms with Crippen LogP contribution in [0.1, 0.15) is 12.0 Å². The molecule has 1 heterocycles. The molecule has 0 spiro atoms. The molecule has 1 saturated heterocycles. The fourth-order valence-electron chi connectivity index (χ4n) is 3.59. The van der Waals surface area contributed by atoms with E-state index in [1.807, 2.05) is 42.5 Å². The van der Waals surface area contributed by atoms with Crippen LogP contribution < -0.4 is 29.7 Å². The topological polar surface area (TPSA) is 67.4 Å². The van der Waals surface area contributed by atoms with Gasteiger partial charge in [0.05, 0.1) is 14.2 Å². The molecule has 0 aromatic heterocycles. The average Bonchev–Trinajstić information content (AvgIpc) is 3.29. The SMILES string of the molecule is C=CCOc1ccccc1CNC(=NC)NC1CCN(c2cc(OC)cc(OC)c2)C1.I. The van der Waals surface area contributed by atoms with E-state index < -0.39 is 0 Å². The van der Waals surface area contributed by atoms with E-state index in [4.69, 9.17) is 14.2 Å². The minimum atomic E-state index is 0. The van der Waals surface area contributed by atoms with E-state index in [0.29, 0.717) is 13.2 Å². The summed E-state index contributed by atoms with van der Waals surface area (Å²) in [5, 5.41) is 6.93. The Morgan fingerprint density at radius 2 is 1.91 bits per heavy atom. The highest BCUT2D eigenvalue weighted by Crippen LogP contribution is 2.30.